The third kappa shape index (κ3) is 3.80. The van der Waals surface area contributed by atoms with Crippen LogP contribution < -0.4 is 10.2 Å². The Balaban J connectivity index is 1.49. The Hall–Kier alpha value is -2.87. The molecule has 8 heteroatoms. The number of thiazole rings is 1. The summed E-state index contributed by atoms with van der Waals surface area (Å²) in [5.41, 5.74) is 0.729. The molecule has 1 aliphatic rings. The molecule has 0 atom stereocenters. The lowest BCUT2D eigenvalue weighted by atomic mass is 10.2. The molecular weight excluding hydrogens is 370 g/mol. The van der Waals surface area contributed by atoms with E-state index in [4.69, 9.17) is 0 Å². The topological polar surface area (TPSA) is 58.1 Å². The van der Waals surface area contributed by atoms with E-state index in [0.717, 1.165) is 42.7 Å². The number of rotatable bonds is 4. The van der Waals surface area contributed by atoms with E-state index >= 15 is 0 Å². The van der Waals surface area contributed by atoms with E-state index in [-0.39, 0.29) is 11.4 Å². The van der Waals surface area contributed by atoms with Crippen LogP contribution in [-0.2, 0) is 0 Å². The summed E-state index contributed by atoms with van der Waals surface area (Å²) in [6.45, 7) is 2.04. The highest BCUT2D eigenvalue weighted by Gasteiger charge is 2.16. The molecule has 2 aromatic heterocycles. The second-order valence-corrected chi connectivity index (χ2v) is 7.07. The summed E-state index contributed by atoms with van der Waals surface area (Å²) in [6, 6.07) is 6.76. The van der Waals surface area contributed by atoms with Gasteiger partial charge in [0.15, 0.2) is 0 Å². The van der Waals surface area contributed by atoms with Crippen molar-refractivity contribution in [2.75, 3.05) is 23.3 Å². The Bertz CT molecular complexity index is 968. The molecular formula is C19H16F2N4OS. The zero-order valence-corrected chi connectivity index (χ0v) is 15.1. The summed E-state index contributed by atoms with van der Waals surface area (Å²) >= 11 is 1.29. The molecule has 1 aromatic carbocycles. The summed E-state index contributed by atoms with van der Waals surface area (Å²) in [5.74, 6) is -0.993. The third-order valence-corrected chi connectivity index (χ3v) is 5.23. The first kappa shape index (κ1) is 17.5. The fourth-order valence-electron chi connectivity index (χ4n) is 2.94. The van der Waals surface area contributed by atoms with Crippen LogP contribution in [0.3, 0.4) is 0 Å². The van der Waals surface area contributed by atoms with Gasteiger partial charge in [0.1, 0.15) is 28.2 Å². The molecule has 4 rings (SSSR count). The molecule has 3 aromatic rings. The van der Waals surface area contributed by atoms with E-state index in [0.29, 0.717) is 5.01 Å². The normalized spacial score (nSPS) is 13.8. The van der Waals surface area contributed by atoms with Crippen LogP contribution in [0.1, 0.15) is 23.3 Å². The first-order valence-corrected chi connectivity index (χ1v) is 9.41. The lowest BCUT2D eigenvalue weighted by molar-refractivity contribution is 0.102. The number of aromatic nitrogens is 2. The van der Waals surface area contributed by atoms with Crippen LogP contribution in [0.25, 0.3) is 10.6 Å². The van der Waals surface area contributed by atoms with Gasteiger partial charge < -0.3 is 10.2 Å². The average molecular weight is 386 g/mol. The van der Waals surface area contributed by atoms with Crippen molar-refractivity contribution in [1.82, 2.24) is 9.97 Å². The van der Waals surface area contributed by atoms with Crippen LogP contribution in [-0.4, -0.2) is 29.0 Å². The standard InChI is InChI=1S/C19H16F2N4OS/c20-13-4-5-14(21)15(9-13)23-18(26)16-11-27-19(24-16)12-3-6-17(22-10-12)25-7-1-2-8-25/h3-6,9-11H,1-2,7-8H2,(H,23,26). The predicted octanol–water partition coefficient (Wildman–Crippen LogP) is 4.34. The third-order valence-electron chi connectivity index (χ3n) is 4.34. The summed E-state index contributed by atoms with van der Waals surface area (Å²) in [6.07, 6.45) is 4.10. The summed E-state index contributed by atoms with van der Waals surface area (Å²) in [7, 11) is 0. The molecule has 27 heavy (non-hydrogen) atoms. The number of halogens is 2. The molecule has 1 N–H and O–H groups in total. The molecule has 1 fully saturated rings. The molecule has 5 nitrogen and oxygen atoms in total. The molecule has 3 heterocycles. The molecule has 0 bridgehead atoms. The highest BCUT2D eigenvalue weighted by molar-refractivity contribution is 7.13. The van der Waals surface area contributed by atoms with Crippen LogP contribution in [0.5, 0.6) is 0 Å². The lowest BCUT2D eigenvalue weighted by Crippen LogP contribution is -2.18. The number of amides is 1. The lowest BCUT2D eigenvalue weighted by Gasteiger charge is -2.15. The van der Waals surface area contributed by atoms with Crippen molar-refractivity contribution in [2.24, 2.45) is 0 Å². The van der Waals surface area contributed by atoms with Crippen molar-refractivity contribution in [1.29, 1.82) is 0 Å². The van der Waals surface area contributed by atoms with Crippen LogP contribution >= 0.6 is 11.3 Å². The van der Waals surface area contributed by atoms with Crippen molar-refractivity contribution >= 4 is 28.7 Å². The van der Waals surface area contributed by atoms with Crippen molar-refractivity contribution in [3.63, 3.8) is 0 Å². The predicted molar refractivity (Wildman–Crippen MR) is 101 cm³/mol. The zero-order chi connectivity index (χ0) is 18.8. The molecule has 0 spiro atoms. The van der Waals surface area contributed by atoms with Crippen LogP contribution in [0.2, 0.25) is 0 Å². The molecule has 0 unspecified atom stereocenters. The first-order chi connectivity index (χ1) is 13.1. The van der Waals surface area contributed by atoms with Crippen LogP contribution in [0, 0.1) is 11.6 Å². The van der Waals surface area contributed by atoms with Gasteiger partial charge in [-0.2, -0.15) is 0 Å². The molecule has 1 amide bonds. The van der Waals surface area contributed by atoms with Gasteiger partial charge in [0.05, 0.1) is 5.69 Å². The minimum atomic E-state index is -0.707. The second kappa shape index (κ2) is 7.40. The fourth-order valence-corrected chi connectivity index (χ4v) is 3.73. The number of nitrogens with one attached hydrogen (secondary N) is 1. The zero-order valence-electron chi connectivity index (χ0n) is 14.3. The minimum absolute atomic E-state index is 0.141. The SMILES string of the molecule is O=C(Nc1cc(F)ccc1F)c1csc(-c2ccc(N3CCCC3)nc2)n1. The largest absolute Gasteiger partial charge is 0.357 e. The van der Waals surface area contributed by atoms with Gasteiger partial charge in [-0.15, -0.1) is 11.3 Å². The monoisotopic (exact) mass is 386 g/mol. The van der Waals surface area contributed by atoms with Gasteiger partial charge in [-0.05, 0) is 37.1 Å². The Morgan fingerprint density at radius 1 is 1.15 bits per heavy atom. The van der Waals surface area contributed by atoms with E-state index in [1.165, 1.54) is 24.2 Å². The molecule has 0 radical (unpaired) electrons. The van der Waals surface area contributed by atoms with Gasteiger partial charge in [0.2, 0.25) is 0 Å². The van der Waals surface area contributed by atoms with E-state index in [9.17, 15) is 13.6 Å². The molecule has 1 saturated heterocycles. The molecule has 0 saturated carbocycles. The maximum Gasteiger partial charge on any atom is 0.275 e. The number of carbonyl (C=O) groups is 1. The van der Waals surface area contributed by atoms with Crippen molar-refractivity contribution in [3.8, 4) is 10.6 Å². The van der Waals surface area contributed by atoms with Crippen molar-refractivity contribution < 1.29 is 13.6 Å². The number of hydrogen-bond acceptors (Lipinski definition) is 5. The number of anilines is 2. The van der Waals surface area contributed by atoms with E-state index in [1.54, 1.807) is 11.6 Å². The molecule has 1 aliphatic heterocycles. The van der Waals surface area contributed by atoms with E-state index in [1.807, 2.05) is 12.1 Å². The van der Waals surface area contributed by atoms with Gasteiger partial charge >= 0.3 is 0 Å². The number of pyridine rings is 1. The van der Waals surface area contributed by atoms with Gasteiger partial charge in [-0.1, -0.05) is 0 Å². The Morgan fingerprint density at radius 2 is 1.96 bits per heavy atom. The van der Waals surface area contributed by atoms with Crippen molar-refractivity contribution in [2.45, 2.75) is 12.8 Å². The Kier molecular flexibility index (Phi) is 4.81. The maximum atomic E-state index is 13.7. The average Bonchev–Trinajstić information content (AvgIpc) is 3.37. The number of hydrogen-bond donors (Lipinski definition) is 1. The summed E-state index contributed by atoms with van der Waals surface area (Å²) in [5, 5.41) is 4.57. The van der Waals surface area contributed by atoms with E-state index < -0.39 is 17.5 Å². The van der Waals surface area contributed by atoms with Gasteiger partial charge in [-0.3, -0.25) is 4.79 Å². The minimum Gasteiger partial charge on any atom is -0.357 e. The van der Waals surface area contributed by atoms with Crippen LogP contribution in [0.15, 0.2) is 41.9 Å². The highest BCUT2D eigenvalue weighted by Crippen LogP contribution is 2.26. The highest BCUT2D eigenvalue weighted by atomic mass is 32.1. The molecule has 0 aliphatic carbocycles. The second-order valence-electron chi connectivity index (χ2n) is 6.22. The molecule has 138 valence electrons. The quantitative estimate of drug-likeness (QED) is 0.725. The number of carbonyl (C=O) groups excluding carboxylic acids is 1. The maximum absolute atomic E-state index is 13.7. The van der Waals surface area contributed by atoms with Gasteiger partial charge in [0, 0.05) is 36.3 Å². The fraction of sp³-hybridized carbons (Fsp3) is 0.211. The number of nitrogens with zero attached hydrogens (tertiary/aromatic N) is 3. The Morgan fingerprint density at radius 3 is 2.70 bits per heavy atom. The smallest absolute Gasteiger partial charge is 0.275 e. The summed E-state index contributed by atoms with van der Waals surface area (Å²) in [4.78, 5) is 23.3. The first-order valence-electron chi connectivity index (χ1n) is 8.53. The van der Waals surface area contributed by atoms with Gasteiger partial charge in [0.25, 0.3) is 5.91 Å². The summed E-state index contributed by atoms with van der Waals surface area (Å²) < 4.78 is 26.9. The number of benzene rings is 1. The van der Waals surface area contributed by atoms with E-state index in [2.05, 4.69) is 20.2 Å². The van der Waals surface area contributed by atoms with Crippen molar-refractivity contribution in [3.05, 3.63) is 59.2 Å². The Labute approximate surface area is 158 Å². The van der Waals surface area contributed by atoms with Gasteiger partial charge in [-0.25, -0.2) is 18.7 Å². The van der Waals surface area contributed by atoms with Crippen LogP contribution in [0.4, 0.5) is 20.3 Å².